The van der Waals surface area contributed by atoms with Crippen molar-refractivity contribution in [1.82, 2.24) is 5.32 Å². The van der Waals surface area contributed by atoms with Gasteiger partial charge in [0.05, 0.1) is 6.04 Å². The molecule has 96 valence electrons. The van der Waals surface area contributed by atoms with Gasteiger partial charge in [0.1, 0.15) is 0 Å². The second-order valence-electron chi connectivity index (χ2n) is 4.17. The second kappa shape index (κ2) is 5.59. The Labute approximate surface area is 109 Å². The second-order valence-corrected chi connectivity index (χ2v) is 4.92. The number of nitrogens with one attached hydrogen (secondary N) is 1. The van der Waals surface area contributed by atoms with Gasteiger partial charge in [0.15, 0.2) is 11.6 Å². The Kier molecular flexibility index (Phi) is 4.09. The van der Waals surface area contributed by atoms with Gasteiger partial charge in [0.25, 0.3) is 0 Å². The van der Waals surface area contributed by atoms with Crippen LogP contribution in [0.15, 0.2) is 29.0 Å². The number of hydrogen-bond donors (Lipinski definition) is 1. The first-order valence-corrected chi connectivity index (χ1v) is 6.78. The molecule has 0 aliphatic rings. The fraction of sp³-hybridized carbons (Fsp3) is 0.286. The van der Waals surface area contributed by atoms with Crippen LogP contribution in [0.2, 0.25) is 0 Å². The van der Waals surface area contributed by atoms with Crippen LogP contribution in [0.4, 0.5) is 8.78 Å². The summed E-state index contributed by atoms with van der Waals surface area (Å²) in [6.45, 7) is 4.78. The largest absolute Gasteiger partial charge is 0.306 e. The number of halogens is 2. The minimum absolute atomic E-state index is 0.0867. The van der Waals surface area contributed by atoms with Crippen molar-refractivity contribution in [1.29, 1.82) is 0 Å². The van der Waals surface area contributed by atoms with E-state index < -0.39 is 11.6 Å². The van der Waals surface area contributed by atoms with E-state index >= 15 is 0 Å². The highest BCUT2D eigenvalue weighted by molar-refractivity contribution is 7.08. The Hall–Kier alpha value is -1.26. The van der Waals surface area contributed by atoms with Crippen LogP contribution in [0, 0.1) is 18.6 Å². The molecule has 0 fully saturated rings. The number of aryl methyl sites for hydroxylation is 1. The van der Waals surface area contributed by atoms with Gasteiger partial charge in [-0.1, -0.05) is 13.0 Å². The first-order chi connectivity index (χ1) is 8.63. The van der Waals surface area contributed by atoms with Gasteiger partial charge in [0.2, 0.25) is 0 Å². The Balaban J connectivity index is 2.41. The third kappa shape index (κ3) is 2.60. The van der Waals surface area contributed by atoms with Gasteiger partial charge in [0, 0.05) is 0 Å². The van der Waals surface area contributed by atoms with Crippen molar-refractivity contribution >= 4 is 11.3 Å². The first-order valence-electron chi connectivity index (χ1n) is 5.84. The third-order valence-corrected chi connectivity index (χ3v) is 3.77. The maximum atomic E-state index is 13.3. The molecular weight excluding hydrogens is 252 g/mol. The van der Waals surface area contributed by atoms with Crippen molar-refractivity contribution in [3.05, 3.63) is 57.3 Å². The minimum atomic E-state index is -0.809. The summed E-state index contributed by atoms with van der Waals surface area (Å²) in [5.74, 6) is -1.61. The fourth-order valence-electron chi connectivity index (χ4n) is 1.97. The maximum Gasteiger partial charge on any atom is 0.159 e. The van der Waals surface area contributed by atoms with Crippen molar-refractivity contribution in [3.63, 3.8) is 0 Å². The summed E-state index contributed by atoms with van der Waals surface area (Å²) in [6.07, 6.45) is 0. The van der Waals surface area contributed by atoms with Gasteiger partial charge in [-0.05, 0) is 53.1 Å². The predicted molar refractivity (Wildman–Crippen MR) is 70.9 cm³/mol. The third-order valence-electron chi connectivity index (χ3n) is 2.89. The van der Waals surface area contributed by atoms with Crippen LogP contribution in [0.25, 0.3) is 0 Å². The van der Waals surface area contributed by atoms with Gasteiger partial charge in [-0.15, -0.1) is 0 Å². The minimum Gasteiger partial charge on any atom is -0.306 e. The standard InChI is InChI=1S/C14H15F2NS/c1-3-17-14(11-8-18-7-9(11)2)10-4-5-12(15)13(16)6-10/h4-8,14,17H,3H2,1-2H3. The molecule has 2 rings (SSSR count). The van der Waals surface area contributed by atoms with Gasteiger partial charge in [-0.25, -0.2) is 8.78 Å². The average Bonchev–Trinajstić information content (AvgIpc) is 2.76. The molecule has 0 bridgehead atoms. The molecule has 0 saturated carbocycles. The Morgan fingerprint density at radius 3 is 2.56 bits per heavy atom. The predicted octanol–water partition coefficient (Wildman–Crippen LogP) is 4.03. The van der Waals surface area contributed by atoms with Crippen molar-refractivity contribution in [2.75, 3.05) is 6.54 Å². The average molecular weight is 267 g/mol. The van der Waals surface area contributed by atoms with E-state index in [1.165, 1.54) is 12.1 Å². The lowest BCUT2D eigenvalue weighted by Crippen LogP contribution is -2.22. The van der Waals surface area contributed by atoms with E-state index in [2.05, 4.69) is 10.7 Å². The van der Waals surface area contributed by atoms with Crippen LogP contribution in [-0.4, -0.2) is 6.54 Å². The van der Waals surface area contributed by atoms with Crippen LogP contribution >= 0.6 is 11.3 Å². The molecule has 0 saturated heterocycles. The van der Waals surface area contributed by atoms with Crippen LogP contribution < -0.4 is 5.32 Å². The molecule has 0 amide bonds. The fourth-order valence-corrected chi connectivity index (χ4v) is 2.85. The van der Waals surface area contributed by atoms with Gasteiger partial charge >= 0.3 is 0 Å². The molecule has 2 aromatic rings. The molecule has 1 atom stereocenters. The van der Waals surface area contributed by atoms with Crippen LogP contribution in [0.3, 0.4) is 0 Å². The summed E-state index contributed by atoms with van der Waals surface area (Å²) in [6, 6.07) is 3.98. The summed E-state index contributed by atoms with van der Waals surface area (Å²) in [5, 5.41) is 7.41. The first kappa shape index (κ1) is 13.2. The molecule has 0 aliphatic carbocycles. The van der Waals surface area contributed by atoms with Gasteiger partial charge < -0.3 is 5.32 Å². The van der Waals surface area contributed by atoms with E-state index in [4.69, 9.17) is 0 Å². The summed E-state index contributed by atoms with van der Waals surface area (Å²) < 4.78 is 26.3. The number of hydrogen-bond acceptors (Lipinski definition) is 2. The number of rotatable bonds is 4. The van der Waals surface area contributed by atoms with Crippen molar-refractivity contribution in [2.24, 2.45) is 0 Å². The van der Waals surface area contributed by atoms with Crippen LogP contribution in [0.5, 0.6) is 0 Å². The molecule has 0 radical (unpaired) electrons. The Morgan fingerprint density at radius 1 is 1.22 bits per heavy atom. The molecule has 1 aromatic heterocycles. The molecule has 1 aromatic carbocycles. The van der Waals surface area contributed by atoms with E-state index in [0.29, 0.717) is 0 Å². The topological polar surface area (TPSA) is 12.0 Å². The van der Waals surface area contributed by atoms with Crippen LogP contribution in [0.1, 0.15) is 29.7 Å². The van der Waals surface area contributed by atoms with Crippen LogP contribution in [-0.2, 0) is 0 Å². The summed E-state index contributed by atoms with van der Waals surface area (Å²) in [4.78, 5) is 0. The Morgan fingerprint density at radius 2 is 2.00 bits per heavy atom. The molecule has 4 heteroatoms. The lowest BCUT2D eigenvalue weighted by Gasteiger charge is -2.19. The summed E-state index contributed by atoms with van der Waals surface area (Å²) in [7, 11) is 0. The van der Waals surface area contributed by atoms with E-state index in [1.54, 1.807) is 17.4 Å². The van der Waals surface area contributed by atoms with E-state index in [9.17, 15) is 8.78 Å². The zero-order valence-electron chi connectivity index (χ0n) is 10.3. The molecule has 0 spiro atoms. The summed E-state index contributed by atoms with van der Waals surface area (Å²) >= 11 is 1.61. The zero-order valence-corrected chi connectivity index (χ0v) is 11.2. The number of thiophene rings is 1. The molecule has 18 heavy (non-hydrogen) atoms. The monoisotopic (exact) mass is 267 g/mol. The van der Waals surface area contributed by atoms with Crippen molar-refractivity contribution < 1.29 is 8.78 Å². The van der Waals surface area contributed by atoms with Crippen molar-refractivity contribution in [2.45, 2.75) is 19.9 Å². The quantitative estimate of drug-likeness (QED) is 0.881. The Bertz CT molecular complexity index is 536. The van der Waals surface area contributed by atoms with E-state index in [1.807, 2.05) is 19.2 Å². The van der Waals surface area contributed by atoms with Gasteiger partial charge in [-0.3, -0.25) is 0 Å². The number of benzene rings is 1. The highest BCUT2D eigenvalue weighted by Gasteiger charge is 2.17. The lowest BCUT2D eigenvalue weighted by atomic mass is 9.98. The van der Waals surface area contributed by atoms with Gasteiger partial charge in [-0.2, -0.15) is 11.3 Å². The molecule has 1 heterocycles. The normalized spacial score (nSPS) is 12.7. The summed E-state index contributed by atoms with van der Waals surface area (Å²) in [5.41, 5.74) is 3.03. The van der Waals surface area contributed by atoms with Crippen molar-refractivity contribution in [3.8, 4) is 0 Å². The lowest BCUT2D eigenvalue weighted by molar-refractivity contribution is 0.504. The maximum absolute atomic E-state index is 13.3. The molecule has 1 nitrogen and oxygen atoms in total. The highest BCUT2D eigenvalue weighted by Crippen LogP contribution is 2.28. The SMILES string of the molecule is CCNC(c1ccc(F)c(F)c1)c1cscc1C. The highest BCUT2D eigenvalue weighted by atomic mass is 32.1. The zero-order chi connectivity index (χ0) is 13.1. The molecule has 1 N–H and O–H groups in total. The molecular formula is C14H15F2NS. The van der Waals surface area contributed by atoms with E-state index in [0.717, 1.165) is 23.2 Å². The van der Waals surface area contributed by atoms with E-state index in [-0.39, 0.29) is 6.04 Å². The smallest absolute Gasteiger partial charge is 0.159 e. The molecule has 0 aliphatic heterocycles. The molecule has 1 unspecified atom stereocenters.